The van der Waals surface area contributed by atoms with Crippen LogP contribution in [0.4, 0.5) is 0 Å². The molecule has 1 heterocycles. The number of oxazole rings is 1. The van der Waals surface area contributed by atoms with Gasteiger partial charge in [-0.05, 0) is 60.0 Å². The summed E-state index contributed by atoms with van der Waals surface area (Å²) in [5.41, 5.74) is 5.48. The molecule has 0 saturated heterocycles. The van der Waals surface area contributed by atoms with Crippen molar-refractivity contribution in [2.24, 2.45) is 0 Å². The number of hydrogen-bond acceptors (Lipinski definition) is 5. The number of carbonyl (C=O) groups excluding carboxylic acids is 1. The van der Waals surface area contributed by atoms with Gasteiger partial charge in [0, 0.05) is 22.6 Å². The second kappa shape index (κ2) is 12.9. The first-order chi connectivity index (χ1) is 19.2. The second-order valence-electron chi connectivity index (χ2n) is 9.07. The van der Waals surface area contributed by atoms with Gasteiger partial charge < -0.3 is 14.6 Å². The lowest BCUT2D eigenvalue weighted by Crippen LogP contribution is -2.06. The van der Waals surface area contributed by atoms with Crippen LogP contribution in [0.15, 0.2) is 101 Å². The molecule has 1 unspecified atom stereocenters. The van der Waals surface area contributed by atoms with Crippen LogP contribution in [0.25, 0.3) is 33.7 Å². The van der Waals surface area contributed by atoms with Crippen LogP contribution in [0.3, 0.4) is 0 Å². The Morgan fingerprint density at radius 1 is 0.800 bits per heavy atom. The van der Waals surface area contributed by atoms with Crippen LogP contribution in [0.5, 0.6) is 0 Å². The fourth-order valence-electron chi connectivity index (χ4n) is 3.92. The van der Waals surface area contributed by atoms with Gasteiger partial charge in [-0.15, -0.1) is 0 Å². The molecule has 1 aromatic heterocycles. The van der Waals surface area contributed by atoms with E-state index in [1.54, 1.807) is 49.4 Å². The molecule has 0 aliphatic heterocycles. The summed E-state index contributed by atoms with van der Waals surface area (Å²) in [5, 5.41) is 18.3. The highest BCUT2D eigenvalue weighted by Gasteiger charge is 2.16. The van der Waals surface area contributed by atoms with Gasteiger partial charge in [-0.2, -0.15) is 0 Å². The van der Waals surface area contributed by atoms with Crippen molar-refractivity contribution in [2.45, 2.75) is 25.7 Å². The van der Waals surface area contributed by atoms with Crippen molar-refractivity contribution in [3.63, 3.8) is 0 Å². The number of Topliss-reactive ketones (excluding diaryl/α,β-unsaturated/α-hetero) is 1. The fraction of sp³-hybridized carbons (Fsp3) is 0.125. The van der Waals surface area contributed by atoms with Gasteiger partial charge in [-0.3, -0.25) is 14.4 Å². The molecular formula is C32H26ClNO6. The van der Waals surface area contributed by atoms with Gasteiger partial charge in [-0.1, -0.05) is 72.3 Å². The van der Waals surface area contributed by atoms with E-state index in [1.165, 1.54) is 0 Å². The number of nitrogens with zero attached hydrogens (tertiary/aromatic N) is 1. The predicted octanol–water partition coefficient (Wildman–Crippen LogP) is 7.74. The first-order valence-electron chi connectivity index (χ1n) is 12.5. The highest BCUT2D eigenvalue weighted by atomic mass is 35.5. The Kier molecular flexibility index (Phi) is 9.09. The molecule has 4 aromatic carbocycles. The monoisotopic (exact) mass is 555 g/mol. The van der Waals surface area contributed by atoms with Crippen molar-refractivity contribution in [3.05, 3.63) is 113 Å². The first-order valence-corrected chi connectivity index (χ1v) is 12.9. The summed E-state index contributed by atoms with van der Waals surface area (Å²) in [5.74, 6) is -2.04. The quantitative estimate of drug-likeness (QED) is 0.188. The molecule has 0 saturated carbocycles. The van der Waals surface area contributed by atoms with Crippen molar-refractivity contribution >= 4 is 40.4 Å². The van der Waals surface area contributed by atoms with Gasteiger partial charge in [-0.25, -0.2) is 4.98 Å². The third-order valence-corrected chi connectivity index (χ3v) is 6.51. The van der Waals surface area contributed by atoms with Gasteiger partial charge in [0.1, 0.15) is 5.52 Å². The van der Waals surface area contributed by atoms with Crippen molar-refractivity contribution in [1.82, 2.24) is 4.98 Å². The number of hydrogen-bond donors (Lipinski definition) is 2. The second-order valence-corrected chi connectivity index (χ2v) is 9.51. The summed E-state index contributed by atoms with van der Waals surface area (Å²) in [7, 11) is 0. The molecule has 0 aliphatic carbocycles. The Morgan fingerprint density at radius 3 is 2.05 bits per heavy atom. The summed E-state index contributed by atoms with van der Waals surface area (Å²) in [6.45, 7) is 1.64. The summed E-state index contributed by atoms with van der Waals surface area (Å²) in [4.78, 5) is 37.6. The van der Waals surface area contributed by atoms with Crippen molar-refractivity contribution in [1.29, 1.82) is 0 Å². The third-order valence-electron chi connectivity index (χ3n) is 6.25. The van der Waals surface area contributed by atoms with Crippen LogP contribution in [-0.4, -0.2) is 32.9 Å². The fourth-order valence-corrected chi connectivity index (χ4v) is 4.04. The SMILES string of the molecule is CC(C(=O)O)c1ccc2oc(-c3ccc(Cl)cc3)nc2c1.O=C(O)CCC(=O)c1ccc(-c2ccccc2)cc1. The maximum Gasteiger partial charge on any atom is 0.310 e. The van der Waals surface area contributed by atoms with Crippen LogP contribution < -0.4 is 0 Å². The Bertz CT molecular complexity index is 1630. The highest BCUT2D eigenvalue weighted by molar-refractivity contribution is 6.30. The Morgan fingerprint density at radius 2 is 1.43 bits per heavy atom. The van der Waals surface area contributed by atoms with Crippen molar-refractivity contribution < 1.29 is 29.0 Å². The molecule has 0 aliphatic rings. The van der Waals surface area contributed by atoms with E-state index in [0.29, 0.717) is 33.1 Å². The number of carbonyl (C=O) groups is 3. The first kappa shape index (κ1) is 28.3. The van der Waals surface area contributed by atoms with Gasteiger partial charge in [0.2, 0.25) is 5.89 Å². The topological polar surface area (TPSA) is 118 Å². The van der Waals surface area contributed by atoms with Gasteiger partial charge >= 0.3 is 11.9 Å². The lowest BCUT2D eigenvalue weighted by molar-refractivity contribution is -0.138. The lowest BCUT2D eigenvalue weighted by Gasteiger charge is -2.04. The number of ketones is 1. The molecule has 1 atom stereocenters. The average molecular weight is 556 g/mol. The Hall–Kier alpha value is -4.75. The number of halogens is 1. The number of benzene rings is 4. The molecule has 8 heteroatoms. The van der Waals surface area contributed by atoms with E-state index >= 15 is 0 Å². The normalized spacial score (nSPS) is 11.3. The van der Waals surface area contributed by atoms with Crippen molar-refractivity contribution in [2.75, 3.05) is 0 Å². The van der Waals surface area contributed by atoms with Crippen LogP contribution in [0.1, 0.15) is 41.6 Å². The zero-order chi connectivity index (χ0) is 28.6. The molecular weight excluding hydrogens is 530 g/mol. The molecule has 40 heavy (non-hydrogen) atoms. The molecule has 7 nitrogen and oxygen atoms in total. The maximum atomic E-state index is 11.7. The van der Waals surface area contributed by atoms with Crippen LogP contribution in [0, 0.1) is 0 Å². The molecule has 0 fully saturated rings. The van der Waals surface area contributed by atoms with E-state index < -0.39 is 17.9 Å². The number of carboxylic acid groups (broad SMARTS) is 2. The summed E-state index contributed by atoms with van der Waals surface area (Å²) < 4.78 is 5.69. The van der Waals surface area contributed by atoms with E-state index in [2.05, 4.69) is 4.98 Å². The van der Waals surface area contributed by atoms with Crippen LogP contribution in [-0.2, 0) is 9.59 Å². The number of aromatic nitrogens is 1. The molecule has 5 aromatic rings. The van der Waals surface area contributed by atoms with Gasteiger partial charge in [0.05, 0.1) is 12.3 Å². The van der Waals surface area contributed by atoms with E-state index in [9.17, 15) is 14.4 Å². The number of aliphatic carboxylic acids is 2. The molecule has 0 radical (unpaired) electrons. The molecule has 0 amide bonds. The highest BCUT2D eigenvalue weighted by Crippen LogP contribution is 2.28. The zero-order valence-corrected chi connectivity index (χ0v) is 22.3. The minimum absolute atomic E-state index is 0.0417. The van der Waals surface area contributed by atoms with Gasteiger partial charge in [0.15, 0.2) is 11.4 Å². The molecule has 2 N–H and O–H groups in total. The van der Waals surface area contributed by atoms with Crippen LogP contribution >= 0.6 is 11.6 Å². The van der Waals surface area contributed by atoms with E-state index in [1.807, 2.05) is 54.6 Å². The number of rotatable bonds is 8. The summed E-state index contributed by atoms with van der Waals surface area (Å²) >= 11 is 5.86. The Labute approximate surface area is 235 Å². The molecule has 0 spiro atoms. The number of fused-ring (bicyclic) bond motifs is 1. The largest absolute Gasteiger partial charge is 0.481 e. The van der Waals surface area contributed by atoms with Crippen LogP contribution in [0.2, 0.25) is 5.02 Å². The smallest absolute Gasteiger partial charge is 0.310 e. The molecule has 202 valence electrons. The minimum Gasteiger partial charge on any atom is -0.481 e. The maximum absolute atomic E-state index is 11.7. The third kappa shape index (κ3) is 7.21. The van der Waals surface area contributed by atoms with E-state index in [4.69, 9.17) is 26.2 Å². The summed E-state index contributed by atoms with van der Waals surface area (Å²) in [6, 6.07) is 29.5. The molecule has 5 rings (SSSR count). The average Bonchev–Trinajstić information content (AvgIpc) is 3.40. The Balaban J connectivity index is 0.000000186. The zero-order valence-electron chi connectivity index (χ0n) is 21.6. The van der Waals surface area contributed by atoms with E-state index in [0.717, 1.165) is 16.7 Å². The van der Waals surface area contributed by atoms with Gasteiger partial charge in [0.25, 0.3) is 0 Å². The standard InChI is InChI=1S/C16H12ClNO3.C16H14O3/c1-9(16(19)20)11-4-7-14-13(8-11)18-15(21-14)10-2-5-12(17)6-3-10;17-15(10-11-16(18)19)14-8-6-13(7-9-14)12-4-2-1-3-5-12/h2-9H,1H3,(H,19,20);1-9H,10-11H2,(H,18,19). The summed E-state index contributed by atoms with van der Waals surface area (Å²) in [6.07, 6.45) is -0.0840. The predicted molar refractivity (Wildman–Crippen MR) is 154 cm³/mol. The molecule has 0 bridgehead atoms. The van der Waals surface area contributed by atoms with Crippen molar-refractivity contribution in [3.8, 4) is 22.6 Å². The minimum atomic E-state index is -0.950. The van der Waals surface area contributed by atoms with E-state index in [-0.39, 0.29) is 18.6 Å². The lowest BCUT2D eigenvalue weighted by atomic mass is 10.0. The number of carboxylic acids is 2.